The van der Waals surface area contributed by atoms with Crippen LogP contribution in [0.4, 0.5) is 0 Å². The molecule has 0 aliphatic heterocycles. The normalized spacial score (nSPS) is 11.6. The third kappa shape index (κ3) is 3.47. The zero-order valence-electron chi connectivity index (χ0n) is 8.49. The number of rotatable bonds is 5. The molecule has 0 spiro atoms. The minimum absolute atomic E-state index is 0.0680. The maximum absolute atomic E-state index is 11.2. The molecule has 0 atom stereocenters. The fourth-order valence-electron chi connectivity index (χ4n) is 0.874. The number of hydrogen-bond acceptors (Lipinski definition) is 4. The number of carboxylic acid groups (broad SMARTS) is 1. The lowest BCUT2D eigenvalue weighted by molar-refractivity contribution is -0.144. The third-order valence-corrected chi connectivity index (χ3v) is 1.41. The van der Waals surface area contributed by atoms with Crippen LogP contribution in [-0.4, -0.2) is 30.3 Å². The largest absolute Gasteiger partial charge is 0.497 e. The van der Waals surface area contributed by atoms with Gasteiger partial charge < -0.3 is 14.6 Å². The Kier molecular flexibility index (Phi) is 5.36. The predicted molar refractivity (Wildman–Crippen MR) is 48.6 cm³/mol. The van der Waals surface area contributed by atoms with Gasteiger partial charge in [-0.25, -0.2) is 9.59 Å². The van der Waals surface area contributed by atoms with E-state index in [9.17, 15) is 9.59 Å². The molecule has 1 N–H and O–H groups in total. The van der Waals surface area contributed by atoms with Crippen LogP contribution < -0.4 is 0 Å². The van der Waals surface area contributed by atoms with Gasteiger partial charge in [-0.15, -0.1) is 0 Å². The van der Waals surface area contributed by atoms with Gasteiger partial charge in [0.15, 0.2) is 5.57 Å². The first kappa shape index (κ1) is 12.5. The Balaban J connectivity index is 4.83. The Morgan fingerprint density at radius 1 is 1.14 bits per heavy atom. The second kappa shape index (κ2) is 6.01. The van der Waals surface area contributed by atoms with Gasteiger partial charge in [-0.3, -0.25) is 0 Å². The third-order valence-electron chi connectivity index (χ3n) is 1.41. The molecule has 0 amide bonds. The summed E-state index contributed by atoms with van der Waals surface area (Å²) in [7, 11) is 0. The Morgan fingerprint density at radius 3 is 2.00 bits per heavy atom. The molecule has 0 rings (SSSR count). The monoisotopic (exact) mass is 202 g/mol. The standard InChI is InChI=1S/C9H14O5/c1-4-13-6(3)7(8(10)11)9(12)14-5-2/h4-5H2,1-3H3,(H,10,11). The molecular formula is C9H14O5. The molecule has 5 heteroatoms. The maximum Gasteiger partial charge on any atom is 0.349 e. The number of aliphatic carboxylic acids is 1. The number of carboxylic acids is 1. The van der Waals surface area contributed by atoms with Crippen LogP contribution in [-0.2, 0) is 19.1 Å². The molecule has 0 saturated carbocycles. The fraction of sp³-hybridized carbons (Fsp3) is 0.556. The summed E-state index contributed by atoms with van der Waals surface area (Å²) in [6.45, 7) is 5.17. The smallest absolute Gasteiger partial charge is 0.349 e. The van der Waals surface area contributed by atoms with Gasteiger partial charge in [0.2, 0.25) is 0 Å². The number of allylic oxidation sites excluding steroid dienone is 1. The van der Waals surface area contributed by atoms with E-state index >= 15 is 0 Å². The second-order valence-electron chi connectivity index (χ2n) is 2.39. The highest BCUT2D eigenvalue weighted by Crippen LogP contribution is 2.08. The van der Waals surface area contributed by atoms with Gasteiger partial charge in [-0.05, 0) is 20.8 Å². The van der Waals surface area contributed by atoms with Crippen LogP contribution in [0.5, 0.6) is 0 Å². The first-order chi connectivity index (χ1) is 6.54. The predicted octanol–water partition coefficient (Wildman–Crippen LogP) is 0.945. The summed E-state index contributed by atoms with van der Waals surface area (Å²) < 4.78 is 9.51. The van der Waals surface area contributed by atoms with E-state index in [1.165, 1.54) is 6.92 Å². The Hall–Kier alpha value is -1.52. The molecule has 0 aliphatic carbocycles. The molecule has 80 valence electrons. The van der Waals surface area contributed by atoms with Crippen LogP contribution in [0.25, 0.3) is 0 Å². The van der Waals surface area contributed by atoms with Crippen molar-refractivity contribution < 1.29 is 24.2 Å². The van der Waals surface area contributed by atoms with Crippen molar-refractivity contribution in [1.82, 2.24) is 0 Å². The van der Waals surface area contributed by atoms with Crippen molar-refractivity contribution >= 4 is 11.9 Å². The lowest BCUT2D eigenvalue weighted by Crippen LogP contribution is -2.18. The Morgan fingerprint density at radius 2 is 1.64 bits per heavy atom. The molecule has 0 saturated heterocycles. The molecule has 0 unspecified atom stereocenters. The van der Waals surface area contributed by atoms with Crippen LogP contribution in [0.15, 0.2) is 11.3 Å². The molecule has 5 nitrogen and oxygen atoms in total. The van der Waals surface area contributed by atoms with Crippen LogP contribution in [0, 0.1) is 0 Å². The summed E-state index contributed by atoms with van der Waals surface area (Å²) in [6, 6.07) is 0. The molecular weight excluding hydrogens is 188 g/mol. The SMILES string of the molecule is CCOC(=O)C(C(=O)O)=C(C)OCC. The molecule has 0 aromatic carbocycles. The van der Waals surface area contributed by atoms with Gasteiger partial charge in [0.25, 0.3) is 0 Å². The number of hydrogen-bond donors (Lipinski definition) is 1. The van der Waals surface area contributed by atoms with Gasteiger partial charge in [0.1, 0.15) is 5.76 Å². The molecule has 0 fully saturated rings. The van der Waals surface area contributed by atoms with E-state index in [2.05, 4.69) is 4.74 Å². The van der Waals surface area contributed by atoms with E-state index in [1.807, 2.05) is 0 Å². The number of carbonyl (C=O) groups excluding carboxylic acids is 1. The second-order valence-corrected chi connectivity index (χ2v) is 2.39. The van der Waals surface area contributed by atoms with E-state index in [1.54, 1.807) is 13.8 Å². The van der Waals surface area contributed by atoms with Crippen LogP contribution >= 0.6 is 0 Å². The van der Waals surface area contributed by atoms with Crippen molar-refractivity contribution in [2.24, 2.45) is 0 Å². The highest BCUT2D eigenvalue weighted by molar-refractivity contribution is 6.13. The molecule has 0 aromatic heterocycles. The van der Waals surface area contributed by atoms with Crippen molar-refractivity contribution in [2.45, 2.75) is 20.8 Å². The maximum atomic E-state index is 11.2. The van der Waals surface area contributed by atoms with Crippen LogP contribution in [0.3, 0.4) is 0 Å². The first-order valence-corrected chi connectivity index (χ1v) is 4.28. The van der Waals surface area contributed by atoms with Crippen molar-refractivity contribution in [3.63, 3.8) is 0 Å². The Labute approximate surface area is 82.3 Å². The van der Waals surface area contributed by atoms with Crippen LogP contribution in [0.2, 0.25) is 0 Å². The zero-order chi connectivity index (χ0) is 11.1. The average molecular weight is 202 g/mol. The van der Waals surface area contributed by atoms with E-state index in [0.29, 0.717) is 6.61 Å². The molecule has 14 heavy (non-hydrogen) atoms. The van der Waals surface area contributed by atoms with Gasteiger partial charge in [-0.2, -0.15) is 0 Å². The van der Waals surface area contributed by atoms with Gasteiger partial charge in [-0.1, -0.05) is 0 Å². The fourth-order valence-corrected chi connectivity index (χ4v) is 0.874. The molecule has 0 bridgehead atoms. The molecule has 0 radical (unpaired) electrons. The lowest BCUT2D eigenvalue weighted by Gasteiger charge is -2.07. The number of esters is 1. The van der Waals surface area contributed by atoms with E-state index in [4.69, 9.17) is 9.84 Å². The van der Waals surface area contributed by atoms with Gasteiger partial charge >= 0.3 is 11.9 Å². The summed E-state index contributed by atoms with van der Waals surface area (Å²) in [6.07, 6.45) is 0. The average Bonchev–Trinajstić information content (AvgIpc) is 2.04. The first-order valence-electron chi connectivity index (χ1n) is 4.28. The summed E-state index contributed by atoms with van der Waals surface area (Å²) in [5, 5.41) is 8.73. The van der Waals surface area contributed by atoms with Crippen molar-refractivity contribution in [3.05, 3.63) is 11.3 Å². The minimum Gasteiger partial charge on any atom is -0.497 e. The highest BCUT2D eigenvalue weighted by Gasteiger charge is 2.22. The quantitative estimate of drug-likeness (QED) is 0.236. The van der Waals surface area contributed by atoms with E-state index < -0.39 is 17.5 Å². The van der Waals surface area contributed by atoms with Crippen molar-refractivity contribution in [3.8, 4) is 0 Å². The van der Waals surface area contributed by atoms with Gasteiger partial charge in [0, 0.05) is 0 Å². The summed E-state index contributed by atoms with van der Waals surface area (Å²) >= 11 is 0. The minimum atomic E-state index is -1.34. The molecule has 0 heterocycles. The topological polar surface area (TPSA) is 72.8 Å². The number of carbonyl (C=O) groups is 2. The van der Waals surface area contributed by atoms with Crippen molar-refractivity contribution in [1.29, 1.82) is 0 Å². The van der Waals surface area contributed by atoms with Crippen molar-refractivity contribution in [2.75, 3.05) is 13.2 Å². The molecule has 0 aromatic rings. The zero-order valence-corrected chi connectivity index (χ0v) is 8.49. The summed E-state index contributed by atoms with van der Waals surface area (Å²) in [4.78, 5) is 21.9. The van der Waals surface area contributed by atoms with Crippen LogP contribution in [0.1, 0.15) is 20.8 Å². The molecule has 0 aliphatic rings. The van der Waals surface area contributed by atoms with Gasteiger partial charge in [0.05, 0.1) is 13.2 Å². The lowest BCUT2D eigenvalue weighted by atomic mass is 10.2. The van der Waals surface area contributed by atoms with E-state index in [-0.39, 0.29) is 12.4 Å². The highest BCUT2D eigenvalue weighted by atomic mass is 16.5. The Bertz CT molecular complexity index is 254. The summed E-state index contributed by atoms with van der Waals surface area (Å²) in [5.41, 5.74) is -0.450. The van der Waals surface area contributed by atoms with E-state index in [0.717, 1.165) is 0 Å². The number of ether oxygens (including phenoxy) is 2. The summed E-state index contributed by atoms with van der Waals surface area (Å²) in [5.74, 6) is -2.14.